The molecule has 1 aromatic carbocycles. The van der Waals surface area contributed by atoms with Crippen LogP contribution in [0.25, 0.3) is 0 Å². The Balaban J connectivity index is 0.00000300. The first-order valence-electron chi connectivity index (χ1n) is 9.59. The molecular weight excluding hydrogens is 479 g/mol. The van der Waals surface area contributed by atoms with Crippen LogP contribution >= 0.6 is 24.0 Å². The van der Waals surface area contributed by atoms with Crippen molar-refractivity contribution in [3.05, 3.63) is 71.6 Å². The average Bonchev–Trinajstić information content (AvgIpc) is 3.37. The summed E-state index contributed by atoms with van der Waals surface area (Å²) in [5, 5.41) is 10.6. The molecule has 0 atom stereocenters. The maximum Gasteiger partial charge on any atom is 0.191 e. The van der Waals surface area contributed by atoms with E-state index in [0.29, 0.717) is 25.0 Å². The van der Waals surface area contributed by atoms with Crippen LogP contribution in [0.4, 0.5) is 0 Å². The van der Waals surface area contributed by atoms with Gasteiger partial charge in [0, 0.05) is 32.1 Å². The lowest BCUT2D eigenvalue weighted by Gasteiger charge is -2.12. The van der Waals surface area contributed by atoms with E-state index in [1.54, 1.807) is 7.05 Å². The lowest BCUT2D eigenvalue weighted by Crippen LogP contribution is -2.36. The van der Waals surface area contributed by atoms with Gasteiger partial charge in [-0.15, -0.1) is 24.0 Å². The van der Waals surface area contributed by atoms with Gasteiger partial charge >= 0.3 is 0 Å². The monoisotopic (exact) mass is 508 g/mol. The standard InChI is InChI=1S/C21H28N6O.HI/c1-16(2)19-13-18(28-26-19)14-24-21(22-3)25-15-20-23-10-12-27(20)11-9-17-7-5-4-6-8-17;/h4-8,10,12-13,16H,9,11,14-15H2,1-3H3,(H2,22,24,25);1H. The molecule has 0 aliphatic heterocycles. The Labute approximate surface area is 189 Å². The minimum atomic E-state index is 0. The zero-order valence-electron chi connectivity index (χ0n) is 17.1. The second-order valence-electron chi connectivity index (χ2n) is 6.92. The Kier molecular flexibility index (Phi) is 9.17. The SMILES string of the molecule is CN=C(NCc1cc(C(C)C)no1)NCc1nccn1CCc1ccccc1.I. The Morgan fingerprint density at radius 2 is 1.93 bits per heavy atom. The summed E-state index contributed by atoms with van der Waals surface area (Å²) in [6.45, 7) is 6.20. The van der Waals surface area contributed by atoms with E-state index < -0.39 is 0 Å². The molecule has 2 heterocycles. The summed E-state index contributed by atoms with van der Waals surface area (Å²) in [6, 6.07) is 12.4. The first kappa shape index (κ1) is 22.9. The molecule has 0 fully saturated rings. The number of hydrogen-bond donors (Lipinski definition) is 2. The Morgan fingerprint density at radius 1 is 1.17 bits per heavy atom. The lowest BCUT2D eigenvalue weighted by molar-refractivity contribution is 0.372. The third kappa shape index (κ3) is 6.88. The van der Waals surface area contributed by atoms with Gasteiger partial charge in [0.1, 0.15) is 5.82 Å². The van der Waals surface area contributed by atoms with Crippen LogP contribution in [0.2, 0.25) is 0 Å². The summed E-state index contributed by atoms with van der Waals surface area (Å²) in [6.07, 6.45) is 4.82. The van der Waals surface area contributed by atoms with Gasteiger partial charge < -0.3 is 19.7 Å². The van der Waals surface area contributed by atoms with Crippen LogP contribution in [0.1, 0.15) is 42.6 Å². The highest BCUT2D eigenvalue weighted by Crippen LogP contribution is 2.13. The van der Waals surface area contributed by atoms with Crippen molar-refractivity contribution in [1.82, 2.24) is 25.3 Å². The van der Waals surface area contributed by atoms with Crippen molar-refractivity contribution in [2.24, 2.45) is 4.99 Å². The summed E-state index contributed by atoms with van der Waals surface area (Å²) >= 11 is 0. The summed E-state index contributed by atoms with van der Waals surface area (Å²) in [5.74, 6) is 2.81. The minimum Gasteiger partial charge on any atom is -0.359 e. The zero-order valence-corrected chi connectivity index (χ0v) is 19.5. The maximum absolute atomic E-state index is 5.35. The van der Waals surface area contributed by atoms with Crippen LogP contribution in [-0.4, -0.2) is 27.7 Å². The molecule has 0 saturated carbocycles. The molecule has 2 aromatic heterocycles. The first-order chi connectivity index (χ1) is 13.7. The maximum atomic E-state index is 5.35. The van der Waals surface area contributed by atoms with Gasteiger partial charge in [-0.2, -0.15) is 0 Å². The van der Waals surface area contributed by atoms with Gasteiger partial charge in [0.15, 0.2) is 11.7 Å². The van der Waals surface area contributed by atoms with E-state index in [1.807, 2.05) is 24.5 Å². The summed E-state index contributed by atoms with van der Waals surface area (Å²) in [7, 11) is 1.75. The fraction of sp³-hybridized carbons (Fsp3) is 0.381. The smallest absolute Gasteiger partial charge is 0.191 e. The largest absolute Gasteiger partial charge is 0.359 e. The predicted octanol–water partition coefficient (Wildman–Crippen LogP) is 3.72. The fourth-order valence-electron chi connectivity index (χ4n) is 2.84. The molecule has 0 aliphatic carbocycles. The van der Waals surface area contributed by atoms with Gasteiger partial charge in [-0.05, 0) is 17.9 Å². The molecule has 0 saturated heterocycles. The van der Waals surface area contributed by atoms with Gasteiger partial charge in [0.05, 0.1) is 18.8 Å². The van der Waals surface area contributed by atoms with Crippen molar-refractivity contribution >= 4 is 29.9 Å². The highest BCUT2D eigenvalue weighted by Gasteiger charge is 2.09. The molecule has 0 amide bonds. The third-order valence-electron chi connectivity index (χ3n) is 4.52. The number of benzene rings is 1. The van der Waals surface area contributed by atoms with Gasteiger partial charge in [-0.3, -0.25) is 4.99 Å². The number of halogens is 1. The van der Waals surface area contributed by atoms with E-state index in [1.165, 1.54) is 5.56 Å². The van der Waals surface area contributed by atoms with Crippen molar-refractivity contribution < 1.29 is 4.52 Å². The normalized spacial score (nSPS) is 11.4. The first-order valence-corrected chi connectivity index (χ1v) is 9.59. The van der Waals surface area contributed by atoms with E-state index in [9.17, 15) is 0 Å². The third-order valence-corrected chi connectivity index (χ3v) is 4.52. The van der Waals surface area contributed by atoms with Crippen molar-refractivity contribution in [1.29, 1.82) is 0 Å². The number of aryl methyl sites for hydroxylation is 2. The molecule has 29 heavy (non-hydrogen) atoms. The molecule has 3 aromatic rings. The molecule has 0 radical (unpaired) electrons. The number of guanidine groups is 1. The number of rotatable bonds is 8. The highest BCUT2D eigenvalue weighted by molar-refractivity contribution is 14.0. The molecule has 0 spiro atoms. The van der Waals surface area contributed by atoms with E-state index >= 15 is 0 Å². The van der Waals surface area contributed by atoms with Crippen molar-refractivity contribution in [2.45, 2.75) is 45.8 Å². The van der Waals surface area contributed by atoms with Crippen LogP contribution in [0.5, 0.6) is 0 Å². The quantitative estimate of drug-likeness (QED) is 0.276. The van der Waals surface area contributed by atoms with E-state index in [0.717, 1.165) is 30.2 Å². The summed E-state index contributed by atoms with van der Waals surface area (Å²) in [4.78, 5) is 8.73. The van der Waals surface area contributed by atoms with Crippen LogP contribution in [0, 0.1) is 0 Å². The molecule has 0 bridgehead atoms. The number of aromatic nitrogens is 3. The number of nitrogens with one attached hydrogen (secondary N) is 2. The Bertz CT molecular complexity index is 887. The second-order valence-corrected chi connectivity index (χ2v) is 6.92. The molecule has 7 nitrogen and oxygen atoms in total. The molecule has 0 unspecified atom stereocenters. The molecule has 3 rings (SSSR count). The zero-order chi connectivity index (χ0) is 19.8. The van der Waals surface area contributed by atoms with Crippen molar-refractivity contribution in [2.75, 3.05) is 7.05 Å². The van der Waals surface area contributed by atoms with Gasteiger partial charge in [-0.25, -0.2) is 4.98 Å². The second kappa shape index (κ2) is 11.6. The average molecular weight is 508 g/mol. The van der Waals surface area contributed by atoms with Gasteiger partial charge in [0.2, 0.25) is 0 Å². The Morgan fingerprint density at radius 3 is 2.62 bits per heavy atom. The van der Waals surface area contributed by atoms with Crippen LogP contribution in [0.15, 0.2) is 58.3 Å². The van der Waals surface area contributed by atoms with Crippen LogP contribution in [0.3, 0.4) is 0 Å². The molecule has 2 N–H and O–H groups in total. The fourth-order valence-corrected chi connectivity index (χ4v) is 2.84. The predicted molar refractivity (Wildman–Crippen MR) is 125 cm³/mol. The Hall–Kier alpha value is -2.36. The number of hydrogen-bond acceptors (Lipinski definition) is 4. The number of imidazole rings is 1. The highest BCUT2D eigenvalue weighted by atomic mass is 127. The lowest BCUT2D eigenvalue weighted by atomic mass is 10.1. The van der Waals surface area contributed by atoms with Crippen LogP contribution < -0.4 is 10.6 Å². The molecule has 0 aliphatic rings. The van der Waals surface area contributed by atoms with Crippen LogP contribution in [-0.2, 0) is 26.1 Å². The molecule has 8 heteroatoms. The molecular formula is C21H29IN6O. The number of aliphatic imine (C=N–C) groups is 1. The van der Waals surface area contributed by atoms with E-state index in [-0.39, 0.29) is 24.0 Å². The number of nitrogens with zero attached hydrogens (tertiary/aromatic N) is 4. The topological polar surface area (TPSA) is 80.3 Å². The van der Waals surface area contributed by atoms with Crippen molar-refractivity contribution in [3.63, 3.8) is 0 Å². The van der Waals surface area contributed by atoms with Gasteiger partial charge in [0.25, 0.3) is 0 Å². The summed E-state index contributed by atoms with van der Waals surface area (Å²) < 4.78 is 7.52. The molecule has 156 valence electrons. The van der Waals surface area contributed by atoms with E-state index in [2.05, 4.69) is 68.4 Å². The minimum absolute atomic E-state index is 0. The summed E-state index contributed by atoms with van der Waals surface area (Å²) in [5.41, 5.74) is 2.28. The van der Waals surface area contributed by atoms with E-state index in [4.69, 9.17) is 4.52 Å². The van der Waals surface area contributed by atoms with Gasteiger partial charge in [-0.1, -0.05) is 49.3 Å². The van der Waals surface area contributed by atoms with Crippen molar-refractivity contribution in [3.8, 4) is 0 Å².